The number of ether oxygens (including phenoxy) is 3. The number of carbonyl (C=O) groups excluding carboxylic acids is 2. The molecule has 5 nitrogen and oxygen atoms in total. The summed E-state index contributed by atoms with van der Waals surface area (Å²) in [5, 5.41) is 0. The molecule has 0 amide bonds. The average Bonchev–Trinajstić information content (AvgIpc) is 3.25. The van der Waals surface area contributed by atoms with Crippen LogP contribution in [0.5, 0.6) is 0 Å². The number of esters is 2. The molecule has 0 aromatic carbocycles. The predicted molar refractivity (Wildman–Crippen MR) is 261 cm³/mol. The summed E-state index contributed by atoms with van der Waals surface area (Å²) in [6, 6.07) is 0. The standard InChI is InChI=1S/C55H102O5/c1-4-7-10-13-16-19-22-25-28-30-33-36-39-42-45-48-54(56)59-52-53(51-58-50-47-44-41-38-35-32-27-24-21-18-15-12-9-6-3)60-55(57)49-46-43-40-37-34-31-29-26-23-20-17-14-11-8-5-2/h21,24-26,28-29,53H,4-20,22-23,27,30-52H2,1-3H3/b24-21-,28-25-,29-26-. The van der Waals surface area contributed by atoms with Gasteiger partial charge in [-0.05, 0) is 96.3 Å². The van der Waals surface area contributed by atoms with E-state index in [1.165, 1.54) is 180 Å². The third kappa shape index (κ3) is 48.8. The Kier molecular flexibility index (Phi) is 49.9. The van der Waals surface area contributed by atoms with Crippen LogP contribution in [0.1, 0.15) is 278 Å². The third-order valence-corrected chi connectivity index (χ3v) is 11.6. The van der Waals surface area contributed by atoms with E-state index in [2.05, 4.69) is 57.2 Å². The predicted octanol–water partition coefficient (Wildman–Crippen LogP) is 17.8. The summed E-state index contributed by atoms with van der Waals surface area (Å²) in [5.41, 5.74) is 0. The summed E-state index contributed by atoms with van der Waals surface area (Å²) in [4.78, 5) is 25.4. The molecule has 0 bridgehead atoms. The van der Waals surface area contributed by atoms with Crippen molar-refractivity contribution in [2.24, 2.45) is 0 Å². The monoisotopic (exact) mass is 843 g/mol. The Balaban J connectivity index is 4.28. The summed E-state index contributed by atoms with van der Waals surface area (Å²) in [5.74, 6) is -0.408. The number of unbranched alkanes of at least 4 members (excludes halogenated alkanes) is 32. The first-order chi connectivity index (χ1) is 29.6. The Labute approximate surface area is 374 Å². The van der Waals surface area contributed by atoms with Gasteiger partial charge in [-0.1, -0.05) is 205 Å². The first kappa shape index (κ1) is 58.1. The molecule has 0 N–H and O–H groups in total. The van der Waals surface area contributed by atoms with Gasteiger partial charge in [0.1, 0.15) is 6.61 Å². The lowest BCUT2D eigenvalue weighted by Crippen LogP contribution is -2.30. The normalized spacial score (nSPS) is 12.4. The molecule has 0 heterocycles. The van der Waals surface area contributed by atoms with E-state index in [0.29, 0.717) is 19.4 Å². The number of allylic oxidation sites excluding steroid dienone is 6. The highest BCUT2D eigenvalue weighted by molar-refractivity contribution is 5.70. The molecule has 0 saturated carbocycles. The fraction of sp³-hybridized carbons (Fsp3) is 0.855. The minimum absolute atomic E-state index is 0.0786. The summed E-state index contributed by atoms with van der Waals surface area (Å²) >= 11 is 0. The maximum absolute atomic E-state index is 12.8. The van der Waals surface area contributed by atoms with Crippen LogP contribution in [-0.4, -0.2) is 37.9 Å². The average molecular weight is 843 g/mol. The van der Waals surface area contributed by atoms with Crippen LogP contribution in [0.3, 0.4) is 0 Å². The van der Waals surface area contributed by atoms with Gasteiger partial charge in [-0.3, -0.25) is 9.59 Å². The van der Waals surface area contributed by atoms with Crippen LogP contribution in [-0.2, 0) is 23.8 Å². The Morgan fingerprint density at radius 3 is 1.03 bits per heavy atom. The van der Waals surface area contributed by atoms with Gasteiger partial charge < -0.3 is 14.2 Å². The Bertz CT molecular complexity index is 955. The van der Waals surface area contributed by atoms with Crippen LogP contribution in [0.25, 0.3) is 0 Å². The van der Waals surface area contributed by atoms with Gasteiger partial charge in [0, 0.05) is 19.4 Å². The molecule has 0 fully saturated rings. The van der Waals surface area contributed by atoms with Gasteiger partial charge in [-0.15, -0.1) is 0 Å². The Morgan fingerprint density at radius 1 is 0.350 bits per heavy atom. The molecule has 0 aromatic heterocycles. The molecule has 1 atom stereocenters. The molecule has 5 heteroatoms. The first-order valence-electron chi connectivity index (χ1n) is 26.5. The first-order valence-corrected chi connectivity index (χ1v) is 26.5. The molecular weight excluding hydrogens is 741 g/mol. The highest BCUT2D eigenvalue weighted by atomic mass is 16.6. The minimum Gasteiger partial charge on any atom is -0.462 e. The lowest BCUT2D eigenvalue weighted by molar-refractivity contribution is -0.163. The van der Waals surface area contributed by atoms with E-state index in [4.69, 9.17) is 14.2 Å². The number of rotatable bonds is 49. The molecule has 0 saturated heterocycles. The molecule has 0 aromatic rings. The van der Waals surface area contributed by atoms with Crippen LogP contribution < -0.4 is 0 Å². The maximum atomic E-state index is 12.8. The summed E-state index contributed by atoms with van der Waals surface area (Å²) in [6.07, 6.45) is 61.5. The topological polar surface area (TPSA) is 61.8 Å². The second-order valence-electron chi connectivity index (χ2n) is 17.8. The molecule has 0 aliphatic rings. The Hall–Kier alpha value is -1.88. The zero-order chi connectivity index (χ0) is 43.5. The van der Waals surface area contributed by atoms with E-state index >= 15 is 0 Å². The van der Waals surface area contributed by atoms with Gasteiger partial charge in [-0.25, -0.2) is 0 Å². The highest BCUT2D eigenvalue weighted by Crippen LogP contribution is 2.14. The van der Waals surface area contributed by atoms with Gasteiger partial charge in [0.2, 0.25) is 0 Å². The molecule has 0 radical (unpaired) electrons. The van der Waals surface area contributed by atoms with Crippen molar-refractivity contribution >= 4 is 11.9 Å². The Morgan fingerprint density at radius 2 is 0.650 bits per heavy atom. The van der Waals surface area contributed by atoms with Crippen molar-refractivity contribution < 1.29 is 23.8 Å². The van der Waals surface area contributed by atoms with E-state index in [1.54, 1.807) is 0 Å². The molecular formula is C55H102O5. The van der Waals surface area contributed by atoms with Crippen molar-refractivity contribution in [3.8, 4) is 0 Å². The summed E-state index contributed by atoms with van der Waals surface area (Å²) < 4.78 is 17.4. The van der Waals surface area contributed by atoms with E-state index < -0.39 is 6.10 Å². The zero-order valence-corrected chi connectivity index (χ0v) is 40.5. The van der Waals surface area contributed by atoms with Gasteiger partial charge in [-0.2, -0.15) is 0 Å². The molecule has 1 unspecified atom stereocenters. The van der Waals surface area contributed by atoms with Crippen molar-refractivity contribution in [1.29, 1.82) is 0 Å². The molecule has 0 rings (SSSR count). The quantitative estimate of drug-likeness (QED) is 0.0347. The lowest BCUT2D eigenvalue weighted by atomic mass is 10.1. The molecule has 60 heavy (non-hydrogen) atoms. The smallest absolute Gasteiger partial charge is 0.306 e. The van der Waals surface area contributed by atoms with Crippen LogP contribution in [0.4, 0.5) is 0 Å². The van der Waals surface area contributed by atoms with Crippen molar-refractivity contribution in [2.45, 2.75) is 284 Å². The lowest BCUT2D eigenvalue weighted by Gasteiger charge is -2.18. The SMILES string of the molecule is CCCCCC/C=C\CCCCCCCCOCC(COC(=O)CCCCCCC/C=C\CCCCCCCC)OC(=O)CCCCCCC/C=C\CCCCCCCC. The molecule has 0 aliphatic carbocycles. The summed E-state index contributed by atoms with van der Waals surface area (Å²) in [6.45, 7) is 7.81. The van der Waals surface area contributed by atoms with Gasteiger partial charge in [0.05, 0.1) is 6.61 Å². The van der Waals surface area contributed by atoms with Crippen LogP contribution in [0, 0.1) is 0 Å². The largest absolute Gasteiger partial charge is 0.462 e. The van der Waals surface area contributed by atoms with Gasteiger partial charge >= 0.3 is 11.9 Å². The van der Waals surface area contributed by atoms with Gasteiger partial charge in [0.15, 0.2) is 6.10 Å². The molecule has 352 valence electrons. The molecule has 0 spiro atoms. The van der Waals surface area contributed by atoms with Crippen LogP contribution >= 0.6 is 0 Å². The van der Waals surface area contributed by atoms with Crippen molar-refractivity contribution in [3.05, 3.63) is 36.5 Å². The van der Waals surface area contributed by atoms with Crippen molar-refractivity contribution in [2.75, 3.05) is 19.8 Å². The van der Waals surface area contributed by atoms with E-state index in [1.807, 2.05) is 0 Å². The van der Waals surface area contributed by atoms with Crippen molar-refractivity contribution in [1.82, 2.24) is 0 Å². The summed E-state index contributed by atoms with van der Waals surface area (Å²) in [7, 11) is 0. The third-order valence-electron chi connectivity index (χ3n) is 11.6. The molecule has 0 aliphatic heterocycles. The number of hydrogen-bond donors (Lipinski definition) is 0. The maximum Gasteiger partial charge on any atom is 0.306 e. The fourth-order valence-corrected chi connectivity index (χ4v) is 7.61. The van der Waals surface area contributed by atoms with Crippen LogP contribution in [0.15, 0.2) is 36.5 Å². The number of hydrogen-bond acceptors (Lipinski definition) is 5. The van der Waals surface area contributed by atoms with E-state index in [-0.39, 0.29) is 25.2 Å². The minimum atomic E-state index is -0.543. The van der Waals surface area contributed by atoms with Gasteiger partial charge in [0.25, 0.3) is 0 Å². The second-order valence-corrected chi connectivity index (χ2v) is 17.8. The zero-order valence-electron chi connectivity index (χ0n) is 40.5. The fourth-order valence-electron chi connectivity index (χ4n) is 7.61. The van der Waals surface area contributed by atoms with E-state index in [9.17, 15) is 9.59 Å². The van der Waals surface area contributed by atoms with Crippen molar-refractivity contribution in [3.63, 3.8) is 0 Å². The highest BCUT2D eigenvalue weighted by Gasteiger charge is 2.17. The number of carbonyl (C=O) groups is 2. The second kappa shape index (κ2) is 51.5. The van der Waals surface area contributed by atoms with E-state index in [0.717, 1.165) is 64.2 Å². The van der Waals surface area contributed by atoms with Crippen LogP contribution in [0.2, 0.25) is 0 Å².